The molecule has 1 fully saturated rings. The number of hydrogen-bond acceptors (Lipinski definition) is 3. The first-order valence-corrected chi connectivity index (χ1v) is 5.64. The van der Waals surface area contributed by atoms with E-state index in [0.717, 1.165) is 25.2 Å². The fourth-order valence-electron chi connectivity index (χ4n) is 2.15. The van der Waals surface area contributed by atoms with Gasteiger partial charge in [-0.15, -0.1) is 0 Å². The van der Waals surface area contributed by atoms with E-state index in [1.54, 1.807) is 6.20 Å². The molecule has 2 heterocycles. The zero-order valence-corrected chi connectivity index (χ0v) is 9.35. The topological polar surface area (TPSA) is 50.1 Å². The van der Waals surface area contributed by atoms with Crippen LogP contribution in [0.2, 0.25) is 0 Å². The predicted molar refractivity (Wildman–Crippen MR) is 58.6 cm³/mol. The molecule has 0 radical (unpaired) electrons. The lowest BCUT2D eigenvalue weighted by Gasteiger charge is -2.20. The molecule has 0 bridgehead atoms. The smallest absolute Gasteiger partial charge is 0.139 e. The molecular formula is C11H19N3O. The minimum absolute atomic E-state index is 0.171. The Bertz CT molecular complexity index is 315. The first kappa shape index (κ1) is 10.6. The molecule has 4 heteroatoms. The van der Waals surface area contributed by atoms with Gasteiger partial charge in [0.1, 0.15) is 11.9 Å². The summed E-state index contributed by atoms with van der Waals surface area (Å²) < 4.78 is 2.03. The van der Waals surface area contributed by atoms with Crippen LogP contribution in [0.25, 0.3) is 0 Å². The highest BCUT2D eigenvalue weighted by molar-refractivity contribution is 5.02. The SMILES string of the molecule is CC(C)n1ccnc1C(O)C1CCCN1. The van der Waals surface area contributed by atoms with E-state index in [1.807, 2.05) is 10.8 Å². The number of nitrogens with zero attached hydrogens (tertiary/aromatic N) is 2. The van der Waals surface area contributed by atoms with Crippen molar-refractivity contribution in [1.82, 2.24) is 14.9 Å². The summed E-state index contributed by atoms with van der Waals surface area (Å²) in [5.74, 6) is 0.782. The zero-order valence-electron chi connectivity index (χ0n) is 9.35. The molecule has 0 spiro atoms. The van der Waals surface area contributed by atoms with Crippen LogP contribution in [0.15, 0.2) is 12.4 Å². The van der Waals surface area contributed by atoms with Crippen molar-refractivity contribution in [2.45, 2.75) is 44.9 Å². The normalized spacial score (nSPS) is 23.6. The van der Waals surface area contributed by atoms with Crippen LogP contribution in [0.3, 0.4) is 0 Å². The maximum absolute atomic E-state index is 10.2. The Balaban J connectivity index is 2.16. The molecule has 1 aromatic heterocycles. The third kappa shape index (κ3) is 2.06. The first-order chi connectivity index (χ1) is 7.20. The summed E-state index contributed by atoms with van der Waals surface area (Å²) in [4.78, 5) is 4.25. The Morgan fingerprint density at radius 1 is 1.60 bits per heavy atom. The van der Waals surface area contributed by atoms with Gasteiger partial charge in [0, 0.05) is 24.5 Å². The number of aromatic nitrogens is 2. The molecule has 0 aliphatic carbocycles. The largest absolute Gasteiger partial charge is 0.384 e. The molecule has 2 atom stereocenters. The standard InChI is InChI=1S/C11H19N3O/c1-8(2)14-7-6-13-11(14)10(15)9-4-3-5-12-9/h6-10,12,15H,3-5H2,1-2H3. The minimum Gasteiger partial charge on any atom is -0.384 e. The third-order valence-corrected chi connectivity index (χ3v) is 3.00. The van der Waals surface area contributed by atoms with Gasteiger partial charge in [0.25, 0.3) is 0 Å². The summed E-state index contributed by atoms with van der Waals surface area (Å²) in [6.07, 6.45) is 5.38. The fraction of sp³-hybridized carbons (Fsp3) is 0.727. The van der Waals surface area contributed by atoms with E-state index in [0.29, 0.717) is 6.04 Å². The lowest BCUT2D eigenvalue weighted by Crippen LogP contribution is -2.30. The fourth-order valence-corrected chi connectivity index (χ4v) is 2.15. The summed E-state index contributed by atoms with van der Waals surface area (Å²) >= 11 is 0. The molecule has 0 amide bonds. The predicted octanol–water partition coefficient (Wildman–Crippen LogP) is 1.25. The maximum atomic E-state index is 10.2. The maximum Gasteiger partial charge on any atom is 0.139 e. The van der Waals surface area contributed by atoms with Crippen molar-refractivity contribution in [3.05, 3.63) is 18.2 Å². The van der Waals surface area contributed by atoms with E-state index in [2.05, 4.69) is 24.1 Å². The first-order valence-electron chi connectivity index (χ1n) is 5.64. The van der Waals surface area contributed by atoms with E-state index in [1.165, 1.54) is 0 Å². The second-order valence-corrected chi connectivity index (χ2v) is 4.43. The Hall–Kier alpha value is -0.870. The number of aliphatic hydroxyl groups excluding tert-OH is 1. The second-order valence-electron chi connectivity index (χ2n) is 4.43. The van der Waals surface area contributed by atoms with Crippen molar-refractivity contribution in [2.75, 3.05) is 6.54 Å². The van der Waals surface area contributed by atoms with Crippen LogP contribution < -0.4 is 5.32 Å². The quantitative estimate of drug-likeness (QED) is 0.787. The van der Waals surface area contributed by atoms with Gasteiger partial charge >= 0.3 is 0 Å². The minimum atomic E-state index is -0.482. The molecule has 2 unspecified atom stereocenters. The summed E-state index contributed by atoms with van der Waals surface area (Å²) in [5.41, 5.74) is 0. The zero-order chi connectivity index (χ0) is 10.8. The Morgan fingerprint density at radius 3 is 3.00 bits per heavy atom. The van der Waals surface area contributed by atoms with Gasteiger partial charge in [-0.1, -0.05) is 0 Å². The second kappa shape index (κ2) is 4.33. The highest BCUT2D eigenvalue weighted by Crippen LogP contribution is 2.23. The van der Waals surface area contributed by atoms with Crippen LogP contribution in [0.1, 0.15) is 44.7 Å². The molecule has 0 saturated carbocycles. The van der Waals surface area contributed by atoms with Gasteiger partial charge in [0.15, 0.2) is 0 Å². The lowest BCUT2D eigenvalue weighted by atomic mass is 10.1. The molecule has 1 aliphatic rings. The van der Waals surface area contributed by atoms with E-state index in [9.17, 15) is 5.11 Å². The molecule has 1 aliphatic heterocycles. The van der Waals surface area contributed by atoms with Crippen LogP contribution >= 0.6 is 0 Å². The average molecular weight is 209 g/mol. The molecule has 0 aromatic carbocycles. The number of hydrogen-bond donors (Lipinski definition) is 2. The van der Waals surface area contributed by atoms with Crippen molar-refractivity contribution in [3.8, 4) is 0 Å². The van der Waals surface area contributed by atoms with Gasteiger partial charge < -0.3 is 15.0 Å². The molecule has 4 nitrogen and oxygen atoms in total. The van der Waals surface area contributed by atoms with Gasteiger partial charge in [0.2, 0.25) is 0 Å². The molecule has 84 valence electrons. The van der Waals surface area contributed by atoms with Crippen molar-refractivity contribution < 1.29 is 5.11 Å². The van der Waals surface area contributed by atoms with E-state index in [4.69, 9.17) is 0 Å². The third-order valence-electron chi connectivity index (χ3n) is 3.00. The number of aliphatic hydroxyl groups is 1. The lowest BCUT2D eigenvalue weighted by molar-refractivity contribution is 0.123. The van der Waals surface area contributed by atoms with Crippen molar-refractivity contribution >= 4 is 0 Å². The Labute approximate surface area is 90.3 Å². The summed E-state index contributed by atoms with van der Waals surface area (Å²) in [7, 11) is 0. The van der Waals surface area contributed by atoms with Crippen LogP contribution in [-0.4, -0.2) is 27.2 Å². The van der Waals surface area contributed by atoms with Crippen LogP contribution in [0, 0.1) is 0 Å². The Kier molecular flexibility index (Phi) is 3.07. The molecule has 15 heavy (non-hydrogen) atoms. The molecular weight excluding hydrogens is 190 g/mol. The van der Waals surface area contributed by atoms with Crippen molar-refractivity contribution in [1.29, 1.82) is 0 Å². The highest BCUT2D eigenvalue weighted by Gasteiger charge is 2.27. The van der Waals surface area contributed by atoms with E-state index < -0.39 is 6.10 Å². The van der Waals surface area contributed by atoms with E-state index >= 15 is 0 Å². The number of rotatable bonds is 3. The monoisotopic (exact) mass is 209 g/mol. The van der Waals surface area contributed by atoms with E-state index in [-0.39, 0.29) is 6.04 Å². The van der Waals surface area contributed by atoms with Gasteiger partial charge in [-0.2, -0.15) is 0 Å². The van der Waals surface area contributed by atoms with Crippen LogP contribution in [0.4, 0.5) is 0 Å². The number of imidazole rings is 1. The average Bonchev–Trinajstić information content (AvgIpc) is 2.88. The van der Waals surface area contributed by atoms with Gasteiger partial charge in [-0.25, -0.2) is 4.98 Å². The molecule has 2 rings (SSSR count). The van der Waals surface area contributed by atoms with Gasteiger partial charge in [0.05, 0.1) is 0 Å². The van der Waals surface area contributed by atoms with Crippen LogP contribution in [-0.2, 0) is 0 Å². The van der Waals surface area contributed by atoms with Gasteiger partial charge in [-0.3, -0.25) is 0 Å². The van der Waals surface area contributed by atoms with Crippen molar-refractivity contribution in [2.24, 2.45) is 0 Å². The summed E-state index contributed by atoms with van der Waals surface area (Å²) in [6.45, 7) is 5.20. The molecule has 1 saturated heterocycles. The van der Waals surface area contributed by atoms with Gasteiger partial charge in [-0.05, 0) is 33.2 Å². The molecule has 1 aromatic rings. The van der Waals surface area contributed by atoms with Crippen molar-refractivity contribution in [3.63, 3.8) is 0 Å². The summed E-state index contributed by atoms with van der Waals surface area (Å²) in [5, 5.41) is 13.5. The highest BCUT2D eigenvalue weighted by atomic mass is 16.3. The van der Waals surface area contributed by atoms with Crippen LogP contribution in [0.5, 0.6) is 0 Å². The number of nitrogens with one attached hydrogen (secondary N) is 1. The molecule has 2 N–H and O–H groups in total. The Morgan fingerprint density at radius 2 is 2.40 bits per heavy atom. The summed E-state index contributed by atoms with van der Waals surface area (Å²) in [6, 6.07) is 0.517.